The van der Waals surface area contributed by atoms with E-state index in [1.165, 1.54) is 12.8 Å². The number of unbranched alkanes of at least 4 members (excludes halogenated alkanes) is 1. The topological polar surface area (TPSA) is 58.0 Å². The first-order chi connectivity index (χ1) is 11.6. The lowest BCUT2D eigenvalue weighted by molar-refractivity contribution is -0.101. The van der Waals surface area contributed by atoms with Crippen LogP contribution >= 0.6 is 11.6 Å². The first kappa shape index (κ1) is 20.8. The van der Waals surface area contributed by atoms with Crippen molar-refractivity contribution in [1.29, 1.82) is 0 Å². The van der Waals surface area contributed by atoms with E-state index in [9.17, 15) is 0 Å². The van der Waals surface area contributed by atoms with Crippen molar-refractivity contribution < 1.29 is 4.74 Å². The summed E-state index contributed by atoms with van der Waals surface area (Å²) in [4.78, 5) is 2.83. The Balaban J connectivity index is 3.22. The summed E-state index contributed by atoms with van der Waals surface area (Å²) < 4.78 is 6.44. The second-order valence-corrected chi connectivity index (χ2v) is 6.64. The van der Waals surface area contributed by atoms with Crippen molar-refractivity contribution in [3.63, 3.8) is 0 Å². The molecule has 0 fully saturated rings. The van der Waals surface area contributed by atoms with E-state index in [0.29, 0.717) is 19.1 Å². The van der Waals surface area contributed by atoms with Gasteiger partial charge in [-0.3, -0.25) is 0 Å². The number of rotatable bonds is 12. The quantitative estimate of drug-likeness (QED) is 0.175. The average Bonchev–Trinajstić information content (AvgIpc) is 2.59. The van der Waals surface area contributed by atoms with Crippen LogP contribution in [0.1, 0.15) is 64.9 Å². The van der Waals surface area contributed by atoms with E-state index in [0.717, 1.165) is 36.3 Å². The zero-order valence-electron chi connectivity index (χ0n) is 15.2. The Morgan fingerprint density at radius 2 is 2.08 bits per heavy atom. The van der Waals surface area contributed by atoms with Crippen LogP contribution in [-0.2, 0) is 10.3 Å². The van der Waals surface area contributed by atoms with Gasteiger partial charge in [-0.15, -0.1) is 0 Å². The molecule has 0 aliphatic carbocycles. The van der Waals surface area contributed by atoms with Crippen LogP contribution in [0.25, 0.3) is 10.4 Å². The molecule has 0 radical (unpaired) electrons. The minimum atomic E-state index is -0.367. The Labute approximate surface area is 151 Å². The van der Waals surface area contributed by atoms with E-state index in [4.69, 9.17) is 21.9 Å². The minimum absolute atomic E-state index is 0.354. The SMILES string of the molecule is CCCC[C@H](CC)[C@@](CCC)(OCCN=[N+]=[N-])c1cccc(Cl)c1. The molecule has 0 unspecified atom stereocenters. The molecule has 0 N–H and O–H groups in total. The third-order valence-corrected chi connectivity index (χ3v) is 4.84. The monoisotopic (exact) mass is 351 g/mol. The van der Waals surface area contributed by atoms with Crippen LogP contribution in [0.3, 0.4) is 0 Å². The molecule has 0 aromatic heterocycles. The van der Waals surface area contributed by atoms with E-state index in [-0.39, 0.29) is 5.60 Å². The number of azide groups is 1. The molecule has 0 bridgehead atoms. The minimum Gasteiger partial charge on any atom is -0.370 e. The zero-order chi connectivity index (χ0) is 17.8. The number of ether oxygens (including phenoxy) is 1. The van der Waals surface area contributed by atoms with Crippen molar-refractivity contribution in [1.82, 2.24) is 0 Å². The van der Waals surface area contributed by atoms with Gasteiger partial charge in [-0.1, -0.05) is 75.3 Å². The molecule has 4 nitrogen and oxygen atoms in total. The molecular formula is C19H30ClN3O. The lowest BCUT2D eigenvalue weighted by Crippen LogP contribution is -2.39. The third kappa shape index (κ3) is 5.70. The van der Waals surface area contributed by atoms with Gasteiger partial charge < -0.3 is 4.74 Å². The van der Waals surface area contributed by atoms with Crippen LogP contribution in [0.5, 0.6) is 0 Å². The van der Waals surface area contributed by atoms with Crippen LogP contribution in [0.2, 0.25) is 5.02 Å². The Kier molecular flexibility index (Phi) is 9.85. The molecule has 0 aliphatic heterocycles. The second-order valence-electron chi connectivity index (χ2n) is 6.20. The summed E-state index contributed by atoms with van der Waals surface area (Å²) in [5, 5.41) is 4.36. The molecule has 0 aliphatic rings. The van der Waals surface area contributed by atoms with Crippen molar-refractivity contribution in [3.05, 3.63) is 45.3 Å². The summed E-state index contributed by atoms with van der Waals surface area (Å²) in [5.74, 6) is 0.418. The van der Waals surface area contributed by atoms with Gasteiger partial charge in [0.25, 0.3) is 0 Å². The number of benzene rings is 1. The van der Waals surface area contributed by atoms with Crippen molar-refractivity contribution in [2.45, 2.75) is 64.9 Å². The van der Waals surface area contributed by atoms with E-state index in [1.54, 1.807) is 0 Å². The highest BCUT2D eigenvalue weighted by molar-refractivity contribution is 6.30. The average molecular weight is 352 g/mol. The molecule has 0 amide bonds. The van der Waals surface area contributed by atoms with Gasteiger partial charge in [0.05, 0.1) is 12.2 Å². The molecule has 24 heavy (non-hydrogen) atoms. The fourth-order valence-corrected chi connectivity index (χ4v) is 3.70. The van der Waals surface area contributed by atoms with E-state index < -0.39 is 0 Å². The molecule has 1 rings (SSSR count). The van der Waals surface area contributed by atoms with Gasteiger partial charge >= 0.3 is 0 Å². The molecule has 0 spiro atoms. The fourth-order valence-electron chi connectivity index (χ4n) is 3.51. The van der Waals surface area contributed by atoms with E-state index in [2.05, 4.69) is 36.9 Å². The summed E-state index contributed by atoms with van der Waals surface area (Å²) in [5.41, 5.74) is 9.28. The molecule has 0 heterocycles. The maximum atomic E-state index is 8.51. The number of halogens is 1. The lowest BCUT2D eigenvalue weighted by atomic mass is 9.74. The summed E-state index contributed by atoms with van der Waals surface area (Å²) >= 11 is 6.26. The smallest absolute Gasteiger partial charge is 0.0959 e. The lowest BCUT2D eigenvalue weighted by Gasteiger charge is -2.41. The predicted octanol–water partition coefficient (Wildman–Crippen LogP) is 6.88. The first-order valence-electron chi connectivity index (χ1n) is 9.05. The van der Waals surface area contributed by atoms with Crippen LogP contribution in [0.4, 0.5) is 0 Å². The molecule has 134 valence electrons. The van der Waals surface area contributed by atoms with Gasteiger partial charge in [0.1, 0.15) is 0 Å². The predicted molar refractivity (Wildman–Crippen MR) is 101 cm³/mol. The first-order valence-corrected chi connectivity index (χ1v) is 9.43. The van der Waals surface area contributed by atoms with Gasteiger partial charge in [-0.05, 0) is 42.0 Å². The summed E-state index contributed by atoms with van der Waals surface area (Å²) in [6.07, 6.45) is 6.49. The Morgan fingerprint density at radius 3 is 2.67 bits per heavy atom. The van der Waals surface area contributed by atoms with E-state index >= 15 is 0 Å². The maximum absolute atomic E-state index is 8.51. The van der Waals surface area contributed by atoms with Gasteiger partial charge in [0.15, 0.2) is 0 Å². The maximum Gasteiger partial charge on any atom is 0.0959 e. The van der Waals surface area contributed by atoms with Crippen LogP contribution in [0.15, 0.2) is 29.4 Å². The summed E-state index contributed by atoms with van der Waals surface area (Å²) in [6, 6.07) is 8.03. The normalized spacial score (nSPS) is 14.7. The Hall–Kier alpha value is -1.22. The standard InChI is InChI=1S/C19H30ClN3O/c1-4-7-9-16(6-3)19(12-5-2,24-14-13-22-23-21)17-10-8-11-18(20)15-17/h8,10-11,15-16H,4-7,9,12-14H2,1-3H3/t16-,19+/m0/s1. The highest BCUT2D eigenvalue weighted by Gasteiger charge is 2.39. The third-order valence-electron chi connectivity index (χ3n) is 4.61. The van der Waals surface area contributed by atoms with Crippen molar-refractivity contribution in [3.8, 4) is 0 Å². The van der Waals surface area contributed by atoms with Crippen LogP contribution in [0, 0.1) is 5.92 Å². The van der Waals surface area contributed by atoms with Crippen molar-refractivity contribution in [2.24, 2.45) is 11.0 Å². The molecule has 0 saturated carbocycles. The number of nitrogens with zero attached hydrogens (tertiary/aromatic N) is 3. The second kappa shape index (κ2) is 11.4. The van der Waals surface area contributed by atoms with Crippen molar-refractivity contribution in [2.75, 3.05) is 13.2 Å². The molecular weight excluding hydrogens is 322 g/mol. The van der Waals surface area contributed by atoms with Crippen molar-refractivity contribution >= 4 is 11.6 Å². The van der Waals surface area contributed by atoms with Gasteiger partial charge in [0.2, 0.25) is 0 Å². The Bertz CT molecular complexity index is 531. The largest absolute Gasteiger partial charge is 0.370 e. The number of hydrogen-bond donors (Lipinski definition) is 0. The molecule has 5 heteroatoms. The van der Waals surface area contributed by atoms with Crippen LogP contribution < -0.4 is 0 Å². The highest BCUT2D eigenvalue weighted by Crippen LogP contribution is 2.43. The van der Waals surface area contributed by atoms with Gasteiger partial charge in [-0.25, -0.2) is 0 Å². The zero-order valence-corrected chi connectivity index (χ0v) is 15.9. The summed E-state index contributed by atoms with van der Waals surface area (Å²) in [7, 11) is 0. The van der Waals surface area contributed by atoms with Gasteiger partial charge in [-0.2, -0.15) is 0 Å². The number of hydrogen-bond acceptors (Lipinski definition) is 2. The van der Waals surface area contributed by atoms with Crippen LogP contribution in [-0.4, -0.2) is 13.2 Å². The Morgan fingerprint density at radius 1 is 1.29 bits per heavy atom. The molecule has 1 aromatic carbocycles. The van der Waals surface area contributed by atoms with E-state index in [1.807, 2.05) is 18.2 Å². The molecule has 1 aromatic rings. The highest BCUT2D eigenvalue weighted by atomic mass is 35.5. The fraction of sp³-hybridized carbons (Fsp3) is 0.684. The molecule has 0 saturated heterocycles. The van der Waals surface area contributed by atoms with Gasteiger partial charge in [0, 0.05) is 16.5 Å². The summed E-state index contributed by atoms with van der Waals surface area (Å²) in [6.45, 7) is 7.41. The molecule has 2 atom stereocenters.